The van der Waals surface area contributed by atoms with Gasteiger partial charge in [0.1, 0.15) is 0 Å². The molecule has 262 valence electrons. The Morgan fingerprint density at radius 2 is 0.911 bits per heavy atom. The first-order valence-corrected chi connectivity index (χ1v) is 19.7. The lowest BCUT2D eigenvalue weighted by atomic mass is 9.81. The third kappa shape index (κ3) is 5.53. The first-order chi connectivity index (χ1) is 27.7. The van der Waals surface area contributed by atoms with E-state index in [-0.39, 0.29) is 0 Å². The molecule has 0 spiro atoms. The van der Waals surface area contributed by atoms with E-state index < -0.39 is 0 Å². The predicted molar refractivity (Wildman–Crippen MR) is 241 cm³/mol. The van der Waals surface area contributed by atoms with Gasteiger partial charge in [-0.25, -0.2) is 0 Å². The second kappa shape index (κ2) is 13.4. The van der Waals surface area contributed by atoms with Crippen molar-refractivity contribution < 1.29 is 0 Å². The van der Waals surface area contributed by atoms with Gasteiger partial charge in [0.05, 0.1) is 0 Å². The van der Waals surface area contributed by atoms with Crippen LogP contribution in [0.1, 0.15) is 12.0 Å². The van der Waals surface area contributed by atoms with Crippen LogP contribution in [0.3, 0.4) is 0 Å². The molecule has 0 amide bonds. The van der Waals surface area contributed by atoms with E-state index in [0.29, 0.717) is 5.92 Å². The van der Waals surface area contributed by atoms with Crippen molar-refractivity contribution >= 4 is 48.7 Å². The molecule has 0 heterocycles. The number of rotatable bonds is 5. The summed E-state index contributed by atoms with van der Waals surface area (Å²) in [6.45, 7) is 0. The Bertz CT molecular complexity index is 3110. The van der Waals surface area contributed by atoms with Crippen molar-refractivity contribution in [2.24, 2.45) is 5.92 Å². The van der Waals surface area contributed by atoms with Crippen molar-refractivity contribution in [3.8, 4) is 44.5 Å². The quantitative estimate of drug-likeness (QED) is 0.156. The van der Waals surface area contributed by atoms with E-state index in [9.17, 15) is 0 Å². The van der Waals surface area contributed by atoms with E-state index in [1.807, 2.05) is 0 Å². The molecule has 1 atom stereocenters. The maximum atomic E-state index is 2.45. The van der Waals surface area contributed by atoms with Crippen LogP contribution in [0.15, 0.2) is 218 Å². The zero-order valence-corrected chi connectivity index (χ0v) is 31.0. The first kappa shape index (κ1) is 32.4. The molecule has 0 nitrogen and oxygen atoms in total. The lowest BCUT2D eigenvalue weighted by Gasteiger charge is -2.23. The van der Waals surface area contributed by atoms with Gasteiger partial charge in [-0.15, -0.1) is 0 Å². The zero-order valence-electron chi connectivity index (χ0n) is 31.0. The van der Waals surface area contributed by atoms with Gasteiger partial charge in [-0.1, -0.05) is 188 Å². The van der Waals surface area contributed by atoms with E-state index in [4.69, 9.17) is 0 Å². The summed E-state index contributed by atoms with van der Waals surface area (Å²) in [5.41, 5.74) is 14.0. The number of benzene rings is 9. The van der Waals surface area contributed by atoms with E-state index >= 15 is 0 Å². The van der Waals surface area contributed by atoms with Crippen LogP contribution in [-0.4, -0.2) is 0 Å². The van der Waals surface area contributed by atoms with Crippen molar-refractivity contribution in [2.45, 2.75) is 6.42 Å². The molecule has 0 saturated carbocycles. The number of fused-ring (bicyclic) bond motifs is 7. The summed E-state index contributed by atoms with van der Waals surface area (Å²) in [6.07, 6.45) is 14.6. The van der Waals surface area contributed by atoms with E-state index in [1.54, 1.807) is 0 Å². The molecular formula is C56H38. The van der Waals surface area contributed by atoms with Crippen molar-refractivity contribution in [1.82, 2.24) is 0 Å². The van der Waals surface area contributed by atoms with E-state index in [0.717, 1.165) is 6.42 Å². The lowest BCUT2D eigenvalue weighted by molar-refractivity contribution is 0.793. The minimum absolute atomic E-state index is 0.438. The zero-order chi connectivity index (χ0) is 37.0. The molecule has 2 aliphatic rings. The highest BCUT2D eigenvalue weighted by molar-refractivity contribution is 6.24. The summed E-state index contributed by atoms with van der Waals surface area (Å²) in [4.78, 5) is 0. The van der Waals surface area contributed by atoms with Gasteiger partial charge >= 0.3 is 0 Å². The van der Waals surface area contributed by atoms with Gasteiger partial charge in [-0.3, -0.25) is 0 Å². The van der Waals surface area contributed by atoms with Crippen LogP contribution in [0.4, 0.5) is 0 Å². The van der Waals surface area contributed by atoms with Gasteiger partial charge in [0, 0.05) is 5.92 Å². The Balaban J connectivity index is 1.10. The molecule has 0 N–H and O–H groups in total. The molecule has 56 heavy (non-hydrogen) atoms. The highest BCUT2D eigenvalue weighted by Gasteiger charge is 2.20. The van der Waals surface area contributed by atoms with Crippen LogP contribution >= 0.6 is 0 Å². The SMILES string of the molecule is C1=CC2=CC=C(c3ccc4c(c3)c(-c3ccccc3)cc3c5ccc(-c6ccc(-c7cccc8ccccc78)cc6)cc5c(-c5ccccc5)cc43)CC2C=C1. The van der Waals surface area contributed by atoms with Gasteiger partial charge in [-0.2, -0.15) is 0 Å². The third-order valence-corrected chi connectivity index (χ3v) is 12.0. The molecule has 0 saturated heterocycles. The molecule has 2 aliphatic carbocycles. The number of hydrogen-bond donors (Lipinski definition) is 0. The summed E-state index contributed by atoms with van der Waals surface area (Å²) >= 11 is 0. The van der Waals surface area contributed by atoms with E-state index in [2.05, 4.69) is 212 Å². The van der Waals surface area contributed by atoms with Crippen LogP contribution in [0.25, 0.3) is 93.2 Å². The Morgan fingerprint density at radius 1 is 0.339 bits per heavy atom. The summed E-state index contributed by atoms with van der Waals surface area (Å²) in [7, 11) is 0. The predicted octanol–water partition coefficient (Wildman–Crippen LogP) is 15.4. The van der Waals surface area contributed by atoms with Crippen LogP contribution in [0.5, 0.6) is 0 Å². The van der Waals surface area contributed by atoms with Crippen LogP contribution in [0, 0.1) is 5.92 Å². The minimum Gasteiger partial charge on any atom is -0.0767 e. The average Bonchev–Trinajstić information content (AvgIpc) is 3.28. The Morgan fingerprint density at radius 3 is 1.62 bits per heavy atom. The Kier molecular flexibility index (Phi) is 7.74. The fraction of sp³-hybridized carbons (Fsp3) is 0.0357. The molecule has 0 heteroatoms. The smallest absolute Gasteiger partial charge is 0.00617 e. The molecule has 0 bridgehead atoms. The summed E-state index contributed by atoms with van der Waals surface area (Å²) in [6, 6.07) is 65.3. The van der Waals surface area contributed by atoms with Crippen molar-refractivity contribution in [2.75, 3.05) is 0 Å². The second-order valence-corrected chi connectivity index (χ2v) is 15.2. The molecule has 11 rings (SSSR count). The van der Waals surface area contributed by atoms with Gasteiger partial charge in [0.25, 0.3) is 0 Å². The van der Waals surface area contributed by atoms with Crippen LogP contribution < -0.4 is 0 Å². The maximum absolute atomic E-state index is 2.45. The van der Waals surface area contributed by atoms with Gasteiger partial charge in [0.15, 0.2) is 0 Å². The highest BCUT2D eigenvalue weighted by Crippen LogP contribution is 2.44. The molecule has 9 aromatic rings. The van der Waals surface area contributed by atoms with Gasteiger partial charge < -0.3 is 0 Å². The van der Waals surface area contributed by atoms with Crippen LogP contribution in [0.2, 0.25) is 0 Å². The minimum atomic E-state index is 0.438. The fourth-order valence-corrected chi connectivity index (χ4v) is 9.14. The molecule has 0 radical (unpaired) electrons. The second-order valence-electron chi connectivity index (χ2n) is 15.2. The molecular weight excluding hydrogens is 673 g/mol. The third-order valence-electron chi connectivity index (χ3n) is 12.0. The summed E-state index contributed by atoms with van der Waals surface area (Å²) in [5, 5.41) is 10.2. The Hall–Kier alpha value is -7.02. The molecule has 0 fully saturated rings. The summed E-state index contributed by atoms with van der Waals surface area (Å²) < 4.78 is 0. The monoisotopic (exact) mass is 710 g/mol. The topological polar surface area (TPSA) is 0 Å². The standard InChI is InChI=1S/C56H38/c1-3-13-40(14-4-1)51-35-56-50-31-29-46(44-27-24-37-12-7-8-18-43(37)32-44)34-54(50)52(41-15-5-2-6-16-41)36-55(56)49-30-28-45(33-53(49)51)38-22-25-42(26-23-38)48-21-11-19-39-17-9-10-20-47(39)48/h1-31,33-36,43H,32H2. The molecule has 1 unspecified atom stereocenters. The van der Waals surface area contributed by atoms with Crippen molar-refractivity contribution in [3.63, 3.8) is 0 Å². The number of allylic oxidation sites excluding steroid dienone is 8. The Labute approximate surface area is 327 Å². The fourth-order valence-electron chi connectivity index (χ4n) is 9.14. The lowest BCUT2D eigenvalue weighted by Crippen LogP contribution is -2.06. The van der Waals surface area contributed by atoms with Crippen molar-refractivity contribution in [1.29, 1.82) is 0 Å². The van der Waals surface area contributed by atoms with Gasteiger partial charge in [-0.05, 0) is 135 Å². The summed E-state index contributed by atoms with van der Waals surface area (Å²) in [5.74, 6) is 0.438. The van der Waals surface area contributed by atoms with Crippen LogP contribution in [-0.2, 0) is 0 Å². The normalized spacial score (nSPS) is 15.0. The molecule has 9 aromatic carbocycles. The average molecular weight is 711 g/mol. The van der Waals surface area contributed by atoms with Crippen molar-refractivity contribution in [3.05, 3.63) is 224 Å². The first-order valence-electron chi connectivity index (χ1n) is 19.7. The highest BCUT2D eigenvalue weighted by atomic mass is 14.2. The van der Waals surface area contributed by atoms with Gasteiger partial charge in [0.2, 0.25) is 0 Å². The number of hydrogen-bond acceptors (Lipinski definition) is 0. The maximum Gasteiger partial charge on any atom is 0.00617 e. The molecule has 0 aliphatic heterocycles. The molecule has 0 aromatic heterocycles. The van der Waals surface area contributed by atoms with E-state index in [1.165, 1.54) is 104 Å². The largest absolute Gasteiger partial charge is 0.0767 e.